The van der Waals surface area contributed by atoms with Crippen LogP contribution in [0, 0.1) is 5.92 Å². The fourth-order valence-corrected chi connectivity index (χ4v) is 3.84. The number of hydrogen-bond acceptors (Lipinski definition) is 4. The quantitative estimate of drug-likeness (QED) is 0.303. The normalized spacial score (nSPS) is 14.5. The molecule has 1 aliphatic carbocycles. The van der Waals surface area contributed by atoms with E-state index in [1.165, 1.54) is 56.4 Å². The lowest BCUT2D eigenvalue weighted by Crippen LogP contribution is -2.16. The average molecular weight is 458 g/mol. The number of fused-ring (bicyclic) bond motifs is 1. The van der Waals surface area contributed by atoms with Crippen LogP contribution in [0.5, 0.6) is 5.75 Å². The minimum atomic E-state index is -4.71. The van der Waals surface area contributed by atoms with Crippen molar-refractivity contribution in [2.75, 3.05) is 5.32 Å². The number of anilines is 2. The monoisotopic (exact) mass is 457 g/mol. The predicted molar refractivity (Wildman–Crippen MR) is 122 cm³/mol. The maximum atomic E-state index is 12.2. The molecule has 1 saturated carbocycles. The Morgan fingerprint density at radius 1 is 1.00 bits per heavy atom. The van der Waals surface area contributed by atoms with Crippen molar-refractivity contribution in [3.05, 3.63) is 54.7 Å². The summed E-state index contributed by atoms with van der Waals surface area (Å²) in [7, 11) is 0. The van der Waals surface area contributed by atoms with Crippen LogP contribution in [0.3, 0.4) is 0 Å². The Hall–Kier alpha value is -3.49. The molecule has 1 aliphatic rings. The molecule has 2 aromatic heterocycles. The van der Waals surface area contributed by atoms with Crippen LogP contribution < -0.4 is 10.1 Å². The molecule has 0 unspecified atom stereocenters. The van der Waals surface area contributed by atoms with Crippen molar-refractivity contribution in [1.82, 2.24) is 20.2 Å². The number of rotatable bonds is 4. The number of aromatic amines is 2. The van der Waals surface area contributed by atoms with Gasteiger partial charge < -0.3 is 15.0 Å². The molecule has 0 amide bonds. The molecule has 0 atom stereocenters. The van der Waals surface area contributed by atoms with Gasteiger partial charge in [-0.25, -0.2) is 4.98 Å². The largest absolute Gasteiger partial charge is 0.573 e. The molecule has 0 spiro atoms. The van der Waals surface area contributed by atoms with Crippen LogP contribution in [-0.4, -0.2) is 26.5 Å². The van der Waals surface area contributed by atoms with E-state index in [-0.39, 0.29) is 5.75 Å². The highest BCUT2D eigenvalue weighted by atomic mass is 19.4. The van der Waals surface area contributed by atoms with Gasteiger partial charge in [0.25, 0.3) is 0 Å². The molecular formula is C24H26F3N5O. The summed E-state index contributed by atoms with van der Waals surface area (Å²) >= 11 is 0. The molecule has 0 bridgehead atoms. The highest BCUT2D eigenvalue weighted by molar-refractivity contribution is 5.83. The number of aromatic nitrogens is 4. The summed E-state index contributed by atoms with van der Waals surface area (Å²) in [6.45, 7) is 2.36. The van der Waals surface area contributed by atoms with Crippen LogP contribution in [0.4, 0.5) is 24.8 Å². The first kappa shape index (κ1) is 22.7. The number of H-pyrrole nitrogens is 2. The van der Waals surface area contributed by atoms with Crippen molar-refractivity contribution in [1.29, 1.82) is 0 Å². The Morgan fingerprint density at radius 3 is 2.36 bits per heavy atom. The highest BCUT2D eigenvalue weighted by Gasteiger charge is 2.30. The molecule has 5 rings (SSSR count). The molecule has 6 nitrogen and oxygen atoms in total. The molecule has 9 heteroatoms. The van der Waals surface area contributed by atoms with Crippen LogP contribution >= 0.6 is 0 Å². The van der Waals surface area contributed by atoms with Crippen molar-refractivity contribution in [2.24, 2.45) is 5.92 Å². The number of imidazole rings is 1. The van der Waals surface area contributed by atoms with Crippen molar-refractivity contribution < 1.29 is 17.9 Å². The van der Waals surface area contributed by atoms with Gasteiger partial charge in [-0.15, -0.1) is 13.2 Å². The average Bonchev–Trinajstić information content (AvgIpc) is 3.44. The lowest BCUT2D eigenvalue weighted by molar-refractivity contribution is -0.274. The van der Waals surface area contributed by atoms with Crippen LogP contribution in [0.25, 0.3) is 22.3 Å². The summed E-state index contributed by atoms with van der Waals surface area (Å²) in [4.78, 5) is 7.54. The zero-order valence-electron chi connectivity index (χ0n) is 18.2. The summed E-state index contributed by atoms with van der Waals surface area (Å²) in [5.74, 6) is 1.23. The number of nitrogens with one attached hydrogen (secondary N) is 3. The van der Waals surface area contributed by atoms with E-state index in [1.807, 2.05) is 24.3 Å². The molecule has 4 aromatic rings. The zero-order chi connectivity index (χ0) is 23.3. The Morgan fingerprint density at radius 2 is 1.76 bits per heavy atom. The zero-order valence-corrected chi connectivity index (χ0v) is 18.2. The van der Waals surface area contributed by atoms with Crippen molar-refractivity contribution in [3.63, 3.8) is 0 Å². The Balaban J connectivity index is 0.000000318. The van der Waals surface area contributed by atoms with Gasteiger partial charge in [-0.2, -0.15) is 5.10 Å². The van der Waals surface area contributed by atoms with Gasteiger partial charge in [0.2, 0.25) is 5.95 Å². The van der Waals surface area contributed by atoms with E-state index in [1.54, 1.807) is 6.20 Å². The first-order chi connectivity index (χ1) is 15.9. The summed E-state index contributed by atoms with van der Waals surface area (Å²) < 4.78 is 40.4. The smallest absolute Gasteiger partial charge is 0.406 e. The third-order valence-corrected chi connectivity index (χ3v) is 5.54. The van der Waals surface area contributed by atoms with E-state index in [9.17, 15) is 13.2 Å². The van der Waals surface area contributed by atoms with Crippen molar-refractivity contribution in [3.8, 4) is 17.0 Å². The van der Waals surface area contributed by atoms with E-state index in [4.69, 9.17) is 0 Å². The molecular weight excluding hydrogens is 431 g/mol. The molecule has 2 aromatic carbocycles. The molecule has 3 N–H and O–H groups in total. The first-order valence-corrected chi connectivity index (χ1v) is 11.0. The lowest BCUT2D eigenvalue weighted by atomic mass is 9.91. The highest BCUT2D eigenvalue weighted by Crippen LogP contribution is 2.27. The van der Waals surface area contributed by atoms with Crippen LogP contribution in [0.2, 0.25) is 0 Å². The van der Waals surface area contributed by atoms with Gasteiger partial charge in [-0.05, 0) is 48.4 Å². The molecule has 0 radical (unpaired) electrons. The third kappa shape index (κ3) is 6.50. The molecule has 33 heavy (non-hydrogen) atoms. The van der Waals surface area contributed by atoms with Crippen molar-refractivity contribution >= 4 is 22.7 Å². The maximum Gasteiger partial charge on any atom is 0.573 e. The SMILES string of the molecule is CC1CCCCC1.FC(F)(F)Oc1ccc(Nc2nc3ccc(-c4ccn[nH]4)cc3[nH]2)cc1. The van der Waals surface area contributed by atoms with E-state index in [2.05, 4.69) is 37.1 Å². The minimum absolute atomic E-state index is 0.281. The molecule has 0 saturated heterocycles. The second kappa shape index (κ2) is 9.97. The fraction of sp³-hybridized carbons (Fsp3) is 0.333. The van der Waals surface area contributed by atoms with Gasteiger partial charge in [0.05, 0.1) is 16.7 Å². The lowest BCUT2D eigenvalue weighted by Gasteiger charge is -2.15. The summed E-state index contributed by atoms with van der Waals surface area (Å²) in [6.07, 6.45) is 4.40. The van der Waals surface area contributed by atoms with Gasteiger partial charge in [-0.3, -0.25) is 5.10 Å². The minimum Gasteiger partial charge on any atom is -0.406 e. The second-order valence-electron chi connectivity index (χ2n) is 8.23. The first-order valence-electron chi connectivity index (χ1n) is 11.0. The predicted octanol–water partition coefficient (Wildman–Crippen LogP) is 7.18. The van der Waals surface area contributed by atoms with E-state index < -0.39 is 6.36 Å². The number of alkyl halides is 3. The maximum absolute atomic E-state index is 12.2. The molecule has 1 fully saturated rings. The second-order valence-corrected chi connectivity index (χ2v) is 8.23. The van der Waals surface area contributed by atoms with Gasteiger partial charge in [0.1, 0.15) is 5.75 Å². The summed E-state index contributed by atoms with van der Waals surface area (Å²) in [5, 5.41) is 9.83. The Bertz CT molecular complexity index is 1150. The third-order valence-electron chi connectivity index (χ3n) is 5.54. The summed E-state index contributed by atoms with van der Waals surface area (Å²) in [6, 6.07) is 13.0. The molecule has 0 aliphatic heterocycles. The van der Waals surface area contributed by atoms with E-state index in [0.29, 0.717) is 11.6 Å². The molecule has 2 heterocycles. The van der Waals surface area contributed by atoms with Crippen LogP contribution in [-0.2, 0) is 0 Å². The van der Waals surface area contributed by atoms with Gasteiger partial charge in [-0.1, -0.05) is 45.1 Å². The topological polar surface area (TPSA) is 78.6 Å². The number of ether oxygens (including phenoxy) is 1. The van der Waals surface area contributed by atoms with E-state index in [0.717, 1.165) is 28.2 Å². The van der Waals surface area contributed by atoms with Gasteiger partial charge in [0, 0.05) is 17.4 Å². The number of nitrogens with zero attached hydrogens (tertiary/aromatic N) is 2. The summed E-state index contributed by atoms with van der Waals surface area (Å²) in [5.41, 5.74) is 3.99. The fourth-order valence-electron chi connectivity index (χ4n) is 3.84. The van der Waals surface area contributed by atoms with Gasteiger partial charge >= 0.3 is 6.36 Å². The van der Waals surface area contributed by atoms with Gasteiger partial charge in [0.15, 0.2) is 0 Å². The number of benzene rings is 2. The van der Waals surface area contributed by atoms with E-state index >= 15 is 0 Å². The van der Waals surface area contributed by atoms with Crippen LogP contribution in [0.15, 0.2) is 54.7 Å². The van der Waals surface area contributed by atoms with Crippen molar-refractivity contribution in [2.45, 2.75) is 45.4 Å². The van der Waals surface area contributed by atoms with Crippen LogP contribution in [0.1, 0.15) is 39.0 Å². The Kier molecular flexibility index (Phi) is 6.86. The number of hydrogen-bond donors (Lipinski definition) is 3. The standard InChI is InChI=1S/C17H12F3N5O.C7H14/c18-17(19,20)26-12-4-2-11(3-5-12)22-16-23-14-6-1-10(9-15(14)24-16)13-7-8-21-25-13;1-7-5-3-2-4-6-7/h1-9H,(H,21,25)(H2,22,23,24);7H,2-6H2,1H3. The Labute approximate surface area is 189 Å². The number of halogens is 3. The molecule has 174 valence electrons.